The molecule has 0 spiro atoms. The fourth-order valence-corrected chi connectivity index (χ4v) is 2.28. The van der Waals surface area contributed by atoms with E-state index in [-0.39, 0.29) is 11.9 Å². The summed E-state index contributed by atoms with van der Waals surface area (Å²) in [7, 11) is 0. The predicted octanol–water partition coefficient (Wildman–Crippen LogP) is 2.61. The average molecular weight is 236 g/mol. The van der Waals surface area contributed by atoms with Crippen molar-refractivity contribution >= 4 is 0 Å². The molecule has 1 atom stereocenters. The van der Waals surface area contributed by atoms with Crippen LogP contribution in [0, 0.1) is 11.7 Å². The van der Waals surface area contributed by atoms with Crippen LogP contribution < -0.4 is 11.1 Å². The van der Waals surface area contributed by atoms with Gasteiger partial charge in [-0.2, -0.15) is 0 Å². The van der Waals surface area contributed by atoms with Gasteiger partial charge in [-0.05, 0) is 36.6 Å². The molecule has 3 N–H and O–H groups in total. The molecule has 94 valence electrons. The van der Waals surface area contributed by atoms with Gasteiger partial charge in [0, 0.05) is 12.6 Å². The first-order valence-electron chi connectivity index (χ1n) is 6.48. The van der Waals surface area contributed by atoms with E-state index in [9.17, 15) is 4.39 Å². The van der Waals surface area contributed by atoms with E-state index in [1.54, 1.807) is 0 Å². The van der Waals surface area contributed by atoms with Gasteiger partial charge < -0.3 is 11.1 Å². The lowest BCUT2D eigenvalue weighted by Gasteiger charge is -2.26. The van der Waals surface area contributed by atoms with E-state index >= 15 is 0 Å². The van der Waals surface area contributed by atoms with Crippen LogP contribution in [0.15, 0.2) is 24.3 Å². The second-order valence-electron chi connectivity index (χ2n) is 4.88. The molecule has 0 saturated heterocycles. The van der Waals surface area contributed by atoms with Crippen LogP contribution in [0.25, 0.3) is 0 Å². The lowest BCUT2D eigenvalue weighted by Crippen LogP contribution is -2.30. The van der Waals surface area contributed by atoms with Crippen LogP contribution in [0.1, 0.15) is 37.3 Å². The predicted molar refractivity (Wildman–Crippen MR) is 68.2 cm³/mol. The zero-order valence-electron chi connectivity index (χ0n) is 10.2. The van der Waals surface area contributed by atoms with Crippen molar-refractivity contribution in [3.05, 3.63) is 35.6 Å². The van der Waals surface area contributed by atoms with Gasteiger partial charge in [-0.1, -0.05) is 31.4 Å². The Balaban J connectivity index is 1.80. The molecule has 2 nitrogen and oxygen atoms in total. The number of halogens is 1. The SMILES string of the molecule is NCC(NCCC1CCC1)c1ccc(F)cc1. The number of rotatable bonds is 6. The molecule has 0 heterocycles. The highest BCUT2D eigenvalue weighted by Gasteiger charge is 2.17. The topological polar surface area (TPSA) is 38.0 Å². The highest BCUT2D eigenvalue weighted by molar-refractivity contribution is 5.20. The zero-order valence-corrected chi connectivity index (χ0v) is 10.2. The van der Waals surface area contributed by atoms with Gasteiger partial charge in [0.05, 0.1) is 0 Å². The quantitative estimate of drug-likeness (QED) is 0.796. The number of hydrogen-bond acceptors (Lipinski definition) is 2. The molecule has 1 aromatic carbocycles. The molecule has 0 amide bonds. The number of nitrogens with two attached hydrogens (primary N) is 1. The Labute approximate surface area is 102 Å². The second-order valence-corrected chi connectivity index (χ2v) is 4.88. The molecular formula is C14H21FN2. The number of nitrogens with one attached hydrogen (secondary N) is 1. The highest BCUT2D eigenvalue weighted by atomic mass is 19.1. The maximum Gasteiger partial charge on any atom is 0.123 e. The van der Waals surface area contributed by atoms with Gasteiger partial charge in [-0.15, -0.1) is 0 Å². The summed E-state index contributed by atoms with van der Waals surface area (Å²) in [4.78, 5) is 0. The summed E-state index contributed by atoms with van der Waals surface area (Å²) in [6.45, 7) is 1.56. The fraction of sp³-hybridized carbons (Fsp3) is 0.571. The Morgan fingerprint density at radius 3 is 2.53 bits per heavy atom. The third-order valence-corrected chi connectivity index (χ3v) is 3.68. The number of benzene rings is 1. The van der Waals surface area contributed by atoms with Gasteiger partial charge in [0.15, 0.2) is 0 Å². The molecule has 3 heteroatoms. The van der Waals surface area contributed by atoms with E-state index in [0.717, 1.165) is 18.0 Å². The third-order valence-electron chi connectivity index (χ3n) is 3.68. The lowest BCUT2D eigenvalue weighted by molar-refractivity contribution is 0.288. The Morgan fingerprint density at radius 1 is 1.29 bits per heavy atom. The summed E-state index contributed by atoms with van der Waals surface area (Å²) in [5.74, 6) is 0.716. The minimum absolute atomic E-state index is 0.149. The van der Waals surface area contributed by atoms with Crippen LogP contribution >= 0.6 is 0 Å². The minimum Gasteiger partial charge on any atom is -0.329 e. The third kappa shape index (κ3) is 3.51. The first-order valence-corrected chi connectivity index (χ1v) is 6.48. The highest BCUT2D eigenvalue weighted by Crippen LogP contribution is 2.29. The molecule has 1 saturated carbocycles. The molecule has 1 aliphatic carbocycles. The van der Waals surface area contributed by atoms with Crippen molar-refractivity contribution in [1.82, 2.24) is 5.32 Å². The van der Waals surface area contributed by atoms with Gasteiger partial charge in [0.2, 0.25) is 0 Å². The second kappa shape index (κ2) is 6.12. The van der Waals surface area contributed by atoms with Crippen molar-refractivity contribution in [2.75, 3.05) is 13.1 Å². The van der Waals surface area contributed by atoms with Gasteiger partial charge in [0.1, 0.15) is 5.82 Å². The van der Waals surface area contributed by atoms with E-state index in [1.165, 1.54) is 37.8 Å². The molecule has 1 aromatic rings. The largest absolute Gasteiger partial charge is 0.329 e. The van der Waals surface area contributed by atoms with Crippen molar-refractivity contribution in [3.8, 4) is 0 Å². The molecule has 0 aromatic heterocycles. The summed E-state index contributed by atoms with van der Waals surface area (Å²) in [6.07, 6.45) is 5.39. The summed E-state index contributed by atoms with van der Waals surface area (Å²) in [5.41, 5.74) is 6.82. The molecule has 2 rings (SSSR count). The monoisotopic (exact) mass is 236 g/mol. The van der Waals surface area contributed by atoms with Crippen LogP contribution in [0.5, 0.6) is 0 Å². The molecule has 1 aliphatic rings. The summed E-state index contributed by atoms with van der Waals surface area (Å²) in [5, 5.41) is 3.46. The molecule has 0 bridgehead atoms. The Bertz CT molecular complexity index is 333. The van der Waals surface area contributed by atoms with Crippen molar-refractivity contribution < 1.29 is 4.39 Å². The van der Waals surface area contributed by atoms with Gasteiger partial charge >= 0.3 is 0 Å². The Kier molecular flexibility index (Phi) is 4.51. The Hall–Kier alpha value is -0.930. The summed E-state index contributed by atoms with van der Waals surface area (Å²) >= 11 is 0. The average Bonchev–Trinajstić information content (AvgIpc) is 2.29. The van der Waals surface area contributed by atoms with Crippen LogP contribution in [0.2, 0.25) is 0 Å². The molecular weight excluding hydrogens is 215 g/mol. The van der Waals surface area contributed by atoms with E-state index in [0.29, 0.717) is 6.54 Å². The van der Waals surface area contributed by atoms with Crippen LogP contribution in [0.4, 0.5) is 4.39 Å². The maximum absolute atomic E-state index is 12.8. The van der Waals surface area contributed by atoms with Crippen molar-refractivity contribution in [2.45, 2.75) is 31.7 Å². The Morgan fingerprint density at radius 2 is 2.00 bits per heavy atom. The molecule has 1 fully saturated rings. The van der Waals surface area contributed by atoms with Gasteiger partial charge in [-0.25, -0.2) is 4.39 Å². The first-order chi connectivity index (χ1) is 8.29. The van der Waals surface area contributed by atoms with E-state index in [1.807, 2.05) is 12.1 Å². The lowest BCUT2D eigenvalue weighted by atomic mass is 9.83. The van der Waals surface area contributed by atoms with Gasteiger partial charge in [0.25, 0.3) is 0 Å². The molecule has 0 aliphatic heterocycles. The van der Waals surface area contributed by atoms with Crippen molar-refractivity contribution in [1.29, 1.82) is 0 Å². The summed E-state index contributed by atoms with van der Waals surface area (Å²) in [6, 6.07) is 6.75. The normalized spacial score (nSPS) is 17.8. The van der Waals surface area contributed by atoms with Crippen molar-refractivity contribution in [3.63, 3.8) is 0 Å². The van der Waals surface area contributed by atoms with Crippen LogP contribution in [0.3, 0.4) is 0 Å². The van der Waals surface area contributed by atoms with Crippen LogP contribution in [-0.2, 0) is 0 Å². The van der Waals surface area contributed by atoms with E-state index in [2.05, 4.69) is 5.32 Å². The minimum atomic E-state index is -0.195. The first kappa shape index (κ1) is 12.5. The van der Waals surface area contributed by atoms with Gasteiger partial charge in [-0.3, -0.25) is 0 Å². The molecule has 17 heavy (non-hydrogen) atoms. The fourth-order valence-electron chi connectivity index (χ4n) is 2.28. The smallest absolute Gasteiger partial charge is 0.123 e. The molecule has 0 radical (unpaired) electrons. The van der Waals surface area contributed by atoms with E-state index in [4.69, 9.17) is 5.73 Å². The standard InChI is InChI=1S/C14H21FN2/c15-13-6-4-12(5-7-13)14(10-16)17-9-8-11-2-1-3-11/h4-7,11,14,17H,1-3,8-10,16H2. The summed E-state index contributed by atoms with van der Waals surface area (Å²) < 4.78 is 12.8. The maximum atomic E-state index is 12.8. The van der Waals surface area contributed by atoms with Crippen LogP contribution in [-0.4, -0.2) is 13.1 Å². The molecule has 1 unspecified atom stereocenters. The van der Waals surface area contributed by atoms with Crippen molar-refractivity contribution in [2.24, 2.45) is 11.7 Å². The number of hydrogen-bond donors (Lipinski definition) is 2. The zero-order chi connectivity index (χ0) is 12.1. The van der Waals surface area contributed by atoms with E-state index < -0.39 is 0 Å².